The van der Waals surface area contributed by atoms with Crippen LogP contribution >= 0.6 is 0 Å². The molecule has 11 heteroatoms. The first-order chi connectivity index (χ1) is 18.3. The van der Waals surface area contributed by atoms with Crippen LogP contribution in [0.3, 0.4) is 0 Å². The highest BCUT2D eigenvalue weighted by Crippen LogP contribution is 2.39. The van der Waals surface area contributed by atoms with Gasteiger partial charge in [-0.25, -0.2) is 4.39 Å². The zero-order chi connectivity index (χ0) is 29.4. The van der Waals surface area contributed by atoms with Crippen LogP contribution in [0.1, 0.15) is 62.4 Å². The van der Waals surface area contributed by atoms with Crippen LogP contribution in [0.5, 0.6) is 5.75 Å². The molecule has 1 aliphatic rings. The molecule has 2 atom stereocenters. The van der Waals surface area contributed by atoms with Crippen LogP contribution in [0.2, 0.25) is 0 Å². The van der Waals surface area contributed by atoms with Crippen molar-refractivity contribution in [3.8, 4) is 5.75 Å². The van der Waals surface area contributed by atoms with Gasteiger partial charge in [0.1, 0.15) is 11.6 Å². The lowest BCUT2D eigenvalue weighted by atomic mass is 9.92. The van der Waals surface area contributed by atoms with Gasteiger partial charge >= 0.3 is 15.6 Å². The molecule has 0 bridgehead atoms. The third kappa shape index (κ3) is 8.27. The van der Waals surface area contributed by atoms with E-state index >= 15 is 0 Å². The van der Waals surface area contributed by atoms with Gasteiger partial charge in [-0.1, -0.05) is 62.7 Å². The molecular formula is C28H31F4NO5S. The summed E-state index contributed by atoms with van der Waals surface area (Å²) in [7, 11) is -5.72. The Bertz CT molecular complexity index is 1310. The van der Waals surface area contributed by atoms with Gasteiger partial charge in [-0.15, -0.1) is 0 Å². The predicted molar refractivity (Wildman–Crippen MR) is 141 cm³/mol. The fourth-order valence-electron chi connectivity index (χ4n) is 3.55. The van der Waals surface area contributed by atoms with Crippen LogP contribution in [0, 0.1) is 12.7 Å². The average molecular weight is 570 g/mol. The van der Waals surface area contributed by atoms with Crippen molar-refractivity contribution in [2.45, 2.75) is 58.2 Å². The van der Waals surface area contributed by atoms with Crippen molar-refractivity contribution in [2.24, 2.45) is 0 Å². The van der Waals surface area contributed by atoms with Gasteiger partial charge in [0.2, 0.25) is 5.91 Å². The zero-order valence-electron chi connectivity index (χ0n) is 21.9. The standard InChI is InChI=1S/C17H14F3NO4S.C9H11FO.C2H6/c1-11-2-4-12(5-3-11)15-10-16(22)21(15)13-6-8-14(9-7-13)25-26(23,24)17(18,19)20;1-2-9(11)7-3-5-8(10)6-4-7;1-2/h2-9,15H,10H2,1H3;3-6,9,11H,2H2,1H3;1-2H3. The Morgan fingerprint density at radius 2 is 1.51 bits per heavy atom. The van der Waals surface area contributed by atoms with Crippen LogP contribution in [-0.2, 0) is 14.9 Å². The lowest BCUT2D eigenvalue weighted by molar-refractivity contribution is -0.124. The highest BCUT2D eigenvalue weighted by atomic mass is 32.2. The van der Waals surface area contributed by atoms with Crippen molar-refractivity contribution in [2.75, 3.05) is 4.90 Å². The number of nitrogens with zero attached hydrogens (tertiary/aromatic N) is 1. The maximum atomic E-state index is 12.4. The number of amides is 1. The molecule has 0 spiro atoms. The second-order valence-corrected chi connectivity index (χ2v) is 9.88. The predicted octanol–water partition coefficient (Wildman–Crippen LogP) is 7.00. The minimum absolute atomic E-state index is 0.132. The zero-order valence-corrected chi connectivity index (χ0v) is 22.8. The number of hydrogen-bond acceptors (Lipinski definition) is 5. The third-order valence-electron chi connectivity index (χ3n) is 5.66. The third-order valence-corrected chi connectivity index (χ3v) is 6.64. The minimum Gasteiger partial charge on any atom is -0.388 e. The SMILES string of the molecule is CC.CCC(O)c1ccc(F)cc1.Cc1ccc(C2CC(=O)N2c2ccc(OS(=O)(=O)C(F)(F)F)cc2)cc1. The van der Waals surface area contributed by atoms with Crippen molar-refractivity contribution in [1.82, 2.24) is 0 Å². The number of carbonyl (C=O) groups is 1. The first kappa shape index (κ1) is 31.8. The van der Waals surface area contributed by atoms with Gasteiger partial charge in [-0.3, -0.25) is 4.79 Å². The quantitative estimate of drug-likeness (QED) is 0.150. The summed E-state index contributed by atoms with van der Waals surface area (Å²) in [6.07, 6.45) is 0.519. The van der Waals surface area contributed by atoms with E-state index in [2.05, 4.69) is 4.18 Å². The van der Waals surface area contributed by atoms with E-state index < -0.39 is 27.5 Å². The molecule has 212 valence electrons. The Balaban J connectivity index is 0.000000343. The molecule has 0 saturated carbocycles. The van der Waals surface area contributed by atoms with Crippen molar-refractivity contribution in [3.05, 3.63) is 95.3 Å². The molecule has 6 nitrogen and oxygen atoms in total. The van der Waals surface area contributed by atoms with Gasteiger partial charge in [0, 0.05) is 5.69 Å². The van der Waals surface area contributed by atoms with Crippen LogP contribution < -0.4 is 9.08 Å². The van der Waals surface area contributed by atoms with E-state index in [1.54, 1.807) is 12.1 Å². The van der Waals surface area contributed by atoms with Crippen LogP contribution in [0.4, 0.5) is 23.2 Å². The summed E-state index contributed by atoms with van der Waals surface area (Å²) in [5, 5.41) is 9.30. The summed E-state index contributed by atoms with van der Waals surface area (Å²) in [6.45, 7) is 7.83. The van der Waals surface area contributed by atoms with Crippen LogP contribution in [0.25, 0.3) is 0 Å². The van der Waals surface area contributed by atoms with Gasteiger partial charge in [0.15, 0.2) is 0 Å². The van der Waals surface area contributed by atoms with Gasteiger partial charge < -0.3 is 14.2 Å². The van der Waals surface area contributed by atoms with Gasteiger partial charge in [0.05, 0.1) is 18.6 Å². The van der Waals surface area contributed by atoms with Gasteiger partial charge in [0.25, 0.3) is 0 Å². The Kier molecular flexibility index (Phi) is 11.1. The maximum absolute atomic E-state index is 12.4. The van der Waals surface area contributed by atoms with Crippen LogP contribution in [-0.4, -0.2) is 24.9 Å². The fraction of sp³-hybridized carbons (Fsp3) is 0.321. The summed E-state index contributed by atoms with van der Waals surface area (Å²) in [5.74, 6) is -0.879. The number of aryl methyl sites for hydroxylation is 1. The number of benzene rings is 3. The monoisotopic (exact) mass is 569 g/mol. The lowest BCUT2D eigenvalue weighted by Gasteiger charge is -2.40. The summed E-state index contributed by atoms with van der Waals surface area (Å²) >= 11 is 0. The molecule has 39 heavy (non-hydrogen) atoms. The molecule has 3 aromatic rings. The number of β-lactam (4-membered cyclic amide) rings is 1. The lowest BCUT2D eigenvalue weighted by Crippen LogP contribution is -2.46. The molecule has 0 radical (unpaired) electrons. The first-order valence-electron chi connectivity index (χ1n) is 12.3. The Morgan fingerprint density at radius 3 is 1.97 bits per heavy atom. The van der Waals surface area contributed by atoms with E-state index in [-0.39, 0.29) is 17.8 Å². The molecule has 0 aromatic heterocycles. The molecule has 3 aromatic carbocycles. The number of rotatable bonds is 6. The van der Waals surface area contributed by atoms with E-state index in [9.17, 15) is 35.9 Å². The number of anilines is 1. The molecule has 2 unspecified atom stereocenters. The average Bonchev–Trinajstić information content (AvgIpc) is 2.90. The molecule has 1 heterocycles. The molecule has 1 amide bonds. The van der Waals surface area contributed by atoms with E-state index in [0.29, 0.717) is 18.5 Å². The van der Waals surface area contributed by atoms with Crippen molar-refractivity contribution >= 4 is 21.7 Å². The molecule has 1 fully saturated rings. The number of hydrogen-bond donors (Lipinski definition) is 1. The molecule has 1 N–H and O–H groups in total. The number of aliphatic hydroxyl groups excluding tert-OH is 1. The van der Waals surface area contributed by atoms with Crippen molar-refractivity contribution in [3.63, 3.8) is 0 Å². The summed E-state index contributed by atoms with van der Waals surface area (Å²) in [6, 6.07) is 18.3. The Morgan fingerprint density at radius 1 is 0.974 bits per heavy atom. The topological polar surface area (TPSA) is 83.9 Å². The second-order valence-electron chi connectivity index (χ2n) is 8.35. The molecule has 1 aliphatic heterocycles. The molecule has 0 aliphatic carbocycles. The molecular weight excluding hydrogens is 538 g/mol. The van der Waals surface area contributed by atoms with Gasteiger partial charge in [-0.05, 0) is 60.9 Å². The highest BCUT2D eigenvalue weighted by Gasteiger charge is 2.48. The molecule has 4 rings (SSSR count). The normalized spacial score (nSPS) is 15.7. The summed E-state index contributed by atoms with van der Waals surface area (Å²) in [4.78, 5) is 13.5. The number of halogens is 4. The second kappa shape index (κ2) is 13.6. The number of carbonyl (C=O) groups excluding carboxylic acids is 1. The fourth-order valence-corrected chi connectivity index (χ4v) is 4.01. The summed E-state index contributed by atoms with van der Waals surface area (Å²) in [5.41, 5.74) is -2.26. The van der Waals surface area contributed by atoms with E-state index in [1.807, 2.05) is 52.0 Å². The molecule has 1 saturated heterocycles. The Hall–Kier alpha value is -3.44. The summed E-state index contributed by atoms with van der Waals surface area (Å²) < 4.78 is 75.5. The van der Waals surface area contributed by atoms with Crippen LogP contribution in [0.15, 0.2) is 72.8 Å². The first-order valence-corrected chi connectivity index (χ1v) is 13.7. The number of aliphatic hydroxyl groups is 1. The Labute approximate surface area is 226 Å². The smallest absolute Gasteiger partial charge is 0.388 e. The van der Waals surface area contributed by atoms with Crippen molar-refractivity contribution < 1.29 is 40.1 Å². The largest absolute Gasteiger partial charge is 0.534 e. The highest BCUT2D eigenvalue weighted by molar-refractivity contribution is 7.88. The maximum Gasteiger partial charge on any atom is 0.534 e. The number of alkyl halides is 3. The van der Waals surface area contributed by atoms with E-state index in [0.717, 1.165) is 28.8 Å². The van der Waals surface area contributed by atoms with E-state index in [4.69, 9.17) is 0 Å². The minimum atomic E-state index is -5.72. The van der Waals surface area contributed by atoms with Gasteiger partial charge in [-0.2, -0.15) is 21.6 Å². The van der Waals surface area contributed by atoms with E-state index in [1.165, 1.54) is 29.2 Å². The van der Waals surface area contributed by atoms with Crippen molar-refractivity contribution in [1.29, 1.82) is 0 Å².